The van der Waals surface area contributed by atoms with Gasteiger partial charge in [0.2, 0.25) is 0 Å². The van der Waals surface area contributed by atoms with Crippen LogP contribution in [0, 0.1) is 0 Å². The van der Waals surface area contributed by atoms with Gasteiger partial charge < -0.3 is 15.2 Å². The van der Waals surface area contributed by atoms with Gasteiger partial charge in [-0.1, -0.05) is 0 Å². The average molecular weight is 275 g/mol. The maximum atomic E-state index is 12.1. The molecule has 0 atom stereocenters. The quantitative estimate of drug-likeness (QED) is 0.885. The third-order valence-electron chi connectivity index (χ3n) is 2.56. The highest BCUT2D eigenvalue weighted by Gasteiger charge is 2.38. The Morgan fingerprint density at radius 1 is 1.42 bits per heavy atom. The van der Waals surface area contributed by atoms with Crippen molar-refractivity contribution in [1.82, 2.24) is 0 Å². The summed E-state index contributed by atoms with van der Waals surface area (Å²) in [6.45, 7) is -0.377. The summed E-state index contributed by atoms with van der Waals surface area (Å²) in [7, 11) is 0. The average Bonchev–Trinajstić information content (AvgIpc) is 3.13. The van der Waals surface area contributed by atoms with Crippen LogP contribution >= 0.6 is 0 Å². The molecule has 0 radical (unpaired) electrons. The number of hydrogen-bond acceptors (Lipinski definition) is 3. The van der Waals surface area contributed by atoms with E-state index in [4.69, 9.17) is 9.84 Å². The monoisotopic (exact) mass is 275 g/mol. The zero-order valence-corrected chi connectivity index (χ0v) is 9.83. The SMILES string of the molecule is O=C(Nc1ccc(OC2CC2)c(CO)c1)C(F)(F)F. The molecular formula is C12H12F3NO3. The van der Waals surface area contributed by atoms with Crippen LogP contribution in [-0.4, -0.2) is 23.3 Å². The number of hydrogen-bond donors (Lipinski definition) is 2. The summed E-state index contributed by atoms with van der Waals surface area (Å²) in [5, 5.41) is 10.9. The molecular weight excluding hydrogens is 263 g/mol. The first kappa shape index (κ1) is 13.7. The Hall–Kier alpha value is -1.76. The van der Waals surface area contributed by atoms with Crippen LogP contribution in [0.4, 0.5) is 18.9 Å². The number of rotatable bonds is 4. The van der Waals surface area contributed by atoms with E-state index >= 15 is 0 Å². The molecule has 1 fully saturated rings. The number of carbonyl (C=O) groups excluding carboxylic acids is 1. The topological polar surface area (TPSA) is 58.6 Å². The van der Waals surface area contributed by atoms with E-state index in [-0.39, 0.29) is 18.4 Å². The molecule has 0 heterocycles. The van der Waals surface area contributed by atoms with Crippen LogP contribution in [-0.2, 0) is 11.4 Å². The standard InChI is InChI=1S/C12H12F3NO3/c13-12(14,15)11(18)16-8-1-4-10(7(5-8)6-17)19-9-2-3-9/h1,4-5,9,17H,2-3,6H2,(H,16,18). The summed E-state index contributed by atoms with van der Waals surface area (Å²) >= 11 is 0. The Bertz CT molecular complexity index is 484. The Kier molecular flexibility index (Phi) is 3.66. The fourth-order valence-electron chi connectivity index (χ4n) is 1.46. The first-order chi connectivity index (χ1) is 8.90. The van der Waals surface area contributed by atoms with Gasteiger partial charge in [0.25, 0.3) is 0 Å². The second-order valence-corrected chi connectivity index (χ2v) is 4.25. The Labute approximate surface area is 107 Å². The van der Waals surface area contributed by atoms with Gasteiger partial charge in [0, 0.05) is 11.3 Å². The van der Waals surface area contributed by atoms with Gasteiger partial charge in [-0.15, -0.1) is 0 Å². The largest absolute Gasteiger partial charge is 0.490 e. The number of benzene rings is 1. The number of amides is 1. The van der Waals surface area contributed by atoms with Gasteiger partial charge in [0.05, 0.1) is 12.7 Å². The van der Waals surface area contributed by atoms with Crippen LogP contribution in [0.2, 0.25) is 0 Å². The molecule has 1 aliphatic rings. The predicted molar refractivity (Wildman–Crippen MR) is 60.7 cm³/mol. The van der Waals surface area contributed by atoms with Crippen molar-refractivity contribution in [2.45, 2.75) is 31.7 Å². The molecule has 104 valence electrons. The molecule has 2 N–H and O–H groups in total. The molecule has 0 aliphatic heterocycles. The van der Waals surface area contributed by atoms with Crippen molar-refractivity contribution in [3.8, 4) is 5.75 Å². The molecule has 4 nitrogen and oxygen atoms in total. The number of aliphatic hydroxyl groups excluding tert-OH is 1. The van der Waals surface area contributed by atoms with E-state index in [0.717, 1.165) is 12.8 Å². The summed E-state index contributed by atoms with van der Waals surface area (Å²) in [5.41, 5.74) is 0.307. The van der Waals surface area contributed by atoms with Gasteiger partial charge in [0.1, 0.15) is 5.75 Å². The molecule has 0 aromatic heterocycles. The number of aliphatic hydroxyl groups is 1. The Morgan fingerprint density at radius 2 is 2.11 bits per heavy atom. The fraction of sp³-hybridized carbons (Fsp3) is 0.417. The van der Waals surface area contributed by atoms with E-state index < -0.39 is 12.1 Å². The number of anilines is 1. The molecule has 0 unspecified atom stereocenters. The van der Waals surface area contributed by atoms with E-state index in [1.807, 2.05) is 0 Å². The first-order valence-electron chi connectivity index (χ1n) is 5.69. The highest BCUT2D eigenvalue weighted by molar-refractivity contribution is 5.95. The number of nitrogens with one attached hydrogen (secondary N) is 1. The zero-order valence-electron chi connectivity index (χ0n) is 9.83. The van der Waals surface area contributed by atoms with E-state index in [1.54, 1.807) is 5.32 Å². The highest BCUT2D eigenvalue weighted by atomic mass is 19.4. The lowest BCUT2D eigenvalue weighted by Gasteiger charge is -2.12. The van der Waals surface area contributed by atoms with E-state index in [2.05, 4.69) is 0 Å². The zero-order chi connectivity index (χ0) is 14.0. The van der Waals surface area contributed by atoms with Gasteiger partial charge in [0.15, 0.2) is 0 Å². The highest BCUT2D eigenvalue weighted by Crippen LogP contribution is 2.31. The minimum atomic E-state index is -4.94. The van der Waals surface area contributed by atoms with Crippen molar-refractivity contribution in [3.05, 3.63) is 23.8 Å². The molecule has 0 saturated heterocycles. The van der Waals surface area contributed by atoms with Gasteiger partial charge in [-0.05, 0) is 31.0 Å². The normalized spacial score (nSPS) is 15.2. The van der Waals surface area contributed by atoms with Crippen LogP contribution in [0.5, 0.6) is 5.75 Å². The molecule has 1 amide bonds. The molecule has 19 heavy (non-hydrogen) atoms. The molecule has 1 saturated carbocycles. The van der Waals surface area contributed by atoms with E-state index in [9.17, 15) is 18.0 Å². The van der Waals surface area contributed by atoms with Gasteiger partial charge in [-0.2, -0.15) is 13.2 Å². The third kappa shape index (κ3) is 3.60. The van der Waals surface area contributed by atoms with Crippen LogP contribution in [0.25, 0.3) is 0 Å². The van der Waals surface area contributed by atoms with Gasteiger partial charge >= 0.3 is 12.1 Å². The van der Waals surface area contributed by atoms with E-state index in [1.165, 1.54) is 18.2 Å². The minimum Gasteiger partial charge on any atom is -0.490 e. The van der Waals surface area contributed by atoms with Crippen molar-refractivity contribution >= 4 is 11.6 Å². The maximum Gasteiger partial charge on any atom is 0.471 e. The molecule has 0 bridgehead atoms. The molecule has 0 spiro atoms. The lowest BCUT2D eigenvalue weighted by molar-refractivity contribution is -0.167. The predicted octanol–water partition coefficient (Wildman–Crippen LogP) is 2.22. The maximum absolute atomic E-state index is 12.1. The third-order valence-corrected chi connectivity index (χ3v) is 2.56. The van der Waals surface area contributed by atoms with Crippen molar-refractivity contribution in [2.24, 2.45) is 0 Å². The fourth-order valence-corrected chi connectivity index (χ4v) is 1.46. The number of ether oxygens (including phenoxy) is 1. The van der Waals surface area contributed by atoms with Crippen LogP contribution < -0.4 is 10.1 Å². The Morgan fingerprint density at radius 3 is 2.63 bits per heavy atom. The first-order valence-corrected chi connectivity index (χ1v) is 5.69. The lowest BCUT2D eigenvalue weighted by atomic mass is 10.2. The van der Waals surface area contributed by atoms with Crippen molar-refractivity contribution in [3.63, 3.8) is 0 Å². The smallest absolute Gasteiger partial charge is 0.471 e. The van der Waals surface area contributed by atoms with Crippen LogP contribution in [0.3, 0.4) is 0 Å². The molecule has 7 heteroatoms. The summed E-state index contributed by atoms with van der Waals surface area (Å²) in [6.07, 6.45) is -2.97. The van der Waals surface area contributed by atoms with E-state index in [0.29, 0.717) is 11.3 Å². The second-order valence-electron chi connectivity index (χ2n) is 4.25. The van der Waals surface area contributed by atoms with Crippen molar-refractivity contribution < 1.29 is 27.8 Å². The summed E-state index contributed by atoms with van der Waals surface area (Å²) in [5.74, 6) is -1.62. The molecule has 1 aliphatic carbocycles. The van der Waals surface area contributed by atoms with Crippen LogP contribution in [0.1, 0.15) is 18.4 Å². The minimum absolute atomic E-state index is 0.0329. The summed E-state index contributed by atoms with van der Waals surface area (Å²) < 4.78 is 41.8. The summed E-state index contributed by atoms with van der Waals surface area (Å²) in [6, 6.07) is 4.01. The number of alkyl halides is 3. The van der Waals surface area contributed by atoms with Crippen LogP contribution in [0.15, 0.2) is 18.2 Å². The van der Waals surface area contributed by atoms with Gasteiger partial charge in [-0.25, -0.2) is 0 Å². The molecule has 1 aromatic carbocycles. The number of carbonyl (C=O) groups is 1. The lowest BCUT2D eigenvalue weighted by Crippen LogP contribution is -2.29. The Balaban J connectivity index is 2.11. The summed E-state index contributed by atoms with van der Waals surface area (Å²) in [4.78, 5) is 10.8. The van der Waals surface area contributed by atoms with Gasteiger partial charge in [-0.3, -0.25) is 4.79 Å². The van der Waals surface area contributed by atoms with Crippen molar-refractivity contribution in [2.75, 3.05) is 5.32 Å². The molecule has 1 aromatic rings. The number of halogens is 3. The second kappa shape index (κ2) is 5.08. The molecule has 2 rings (SSSR count). The van der Waals surface area contributed by atoms with Crippen molar-refractivity contribution in [1.29, 1.82) is 0 Å².